The predicted molar refractivity (Wildman–Crippen MR) is 139 cm³/mol. The lowest BCUT2D eigenvalue weighted by Gasteiger charge is -2.43. The number of anilines is 1. The van der Waals surface area contributed by atoms with Crippen LogP contribution in [0.25, 0.3) is 10.8 Å². The summed E-state index contributed by atoms with van der Waals surface area (Å²) in [7, 11) is 0. The van der Waals surface area contributed by atoms with Crippen molar-refractivity contribution in [3.63, 3.8) is 0 Å². The van der Waals surface area contributed by atoms with Crippen LogP contribution in [0.5, 0.6) is 0 Å². The molecule has 6 rings (SSSR count). The number of halogens is 1. The highest BCUT2D eigenvalue weighted by atomic mass is 35.5. The minimum Gasteiger partial charge on any atom is -0.389 e. The van der Waals surface area contributed by atoms with E-state index in [9.17, 15) is 9.90 Å². The SMILES string of the molecule is C[C@]1(N2CCC(c3cc4cc(NC(=O)C5CC5C5CCOCC5)ncc4cc3Cl)CC2)COC[C@H]1O. The maximum absolute atomic E-state index is 12.9. The first-order chi connectivity index (χ1) is 17.4. The van der Waals surface area contributed by atoms with Gasteiger partial charge in [-0.3, -0.25) is 9.69 Å². The molecular formula is C28H36ClN3O4. The summed E-state index contributed by atoms with van der Waals surface area (Å²) in [5.41, 5.74) is 0.852. The number of amides is 1. The van der Waals surface area contributed by atoms with Crippen molar-refractivity contribution >= 4 is 34.1 Å². The highest BCUT2D eigenvalue weighted by molar-refractivity contribution is 6.32. The van der Waals surface area contributed by atoms with Crippen molar-refractivity contribution in [2.45, 2.75) is 56.6 Å². The zero-order valence-electron chi connectivity index (χ0n) is 20.9. The Balaban J connectivity index is 1.13. The van der Waals surface area contributed by atoms with E-state index in [0.717, 1.165) is 79.8 Å². The molecule has 0 spiro atoms. The molecule has 4 fully saturated rings. The first-order valence-electron chi connectivity index (χ1n) is 13.4. The summed E-state index contributed by atoms with van der Waals surface area (Å²) in [4.78, 5) is 19.8. The van der Waals surface area contributed by atoms with Crippen LogP contribution in [0.1, 0.15) is 50.5 Å². The van der Waals surface area contributed by atoms with Crippen LogP contribution < -0.4 is 5.32 Å². The Labute approximate surface area is 217 Å². The number of piperidine rings is 1. The second-order valence-corrected chi connectivity index (χ2v) is 11.8. The molecule has 194 valence electrons. The van der Waals surface area contributed by atoms with Gasteiger partial charge < -0.3 is 19.9 Å². The first-order valence-corrected chi connectivity index (χ1v) is 13.8. The molecule has 3 saturated heterocycles. The second-order valence-electron chi connectivity index (χ2n) is 11.4. The van der Waals surface area contributed by atoms with E-state index in [0.29, 0.717) is 36.8 Å². The zero-order chi connectivity index (χ0) is 24.9. The largest absolute Gasteiger partial charge is 0.389 e. The molecule has 4 heterocycles. The number of nitrogens with zero attached hydrogens (tertiary/aromatic N) is 2. The quantitative estimate of drug-likeness (QED) is 0.623. The summed E-state index contributed by atoms with van der Waals surface area (Å²) < 4.78 is 11.0. The number of aliphatic hydroxyl groups excluding tert-OH is 1. The van der Waals surface area contributed by atoms with E-state index in [1.54, 1.807) is 6.20 Å². The molecule has 4 atom stereocenters. The van der Waals surface area contributed by atoms with E-state index in [4.69, 9.17) is 21.1 Å². The minimum atomic E-state index is -0.443. The topological polar surface area (TPSA) is 83.9 Å². The Morgan fingerprint density at radius 3 is 2.64 bits per heavy atom. The van der Waals surface area contributed by atoms with Crippen LogP contribution >= 0.6 is 11.6 Å². The van der Waals surface area contributed by atoms with Gasteiger partial charge in [-0.25, -0.2) is 4.98 Å². The third-order valence-electron chi connectivity index (χ3n) is 9.18. The highest BCUT2D eigenvalue weighted by Crippen LogP contribution is 2.48. The fraction of sp³-hybridized carbons (Fsp3) is 0.643. The number of nitrogens with one attached hydrogen (secondary N) is 1. The highest BCUT2D eigenvalue weighted by Gasteiger charge is 2.48. The van der Waals surface area contributed by atoms with E-state index in [-0.39, 0.29) is 17.4 Å². The Morgan fingerprint density at radius 2 is 1.92 bits per heavy atom. The third kappa shape index (κ3) is 4.65. The predicted octanol–water partition coefficient (Wildman–Crippen LogP) is 4.22. The monoisotopic (exact) mass is 513 g/mol. The molecular weight excluding hydrogens is 478 g/mol. The molecule has 8 heteroatoms. The number of ether oxygens (including phenoxy) is 2. The van der Waals surface area contributed by atoms with E-state index in [2.05, 4.69) is 28.2 Å². The maximum Gasteiger partial charge on any atom is 0.228 e. The smallest absolute Gasteiger partial charge is 0.228 e. The van der Waals surface area contributed by atoms with Gasteiger partial charge in [0.25, 0.3) is 0 Å². The van der Waals surface area contributed by atoms with Crippen LogP contribution in [-0.2, 0) is 14.3 Å². The fourth-order valence-electron chi connectivity index (χ4n) is 6.62. The molecule has 1 amide bonds. The first kappa shape index (κ1) is 24.6. The summed E-state index contributed by atoms with van der Waals surface area (Å²) >= 11 is 6.73. The molecule has 1 saturated carbocycles. The number of benzene rings is 1. The van der Waals surface area contributed by atoms with Crippen molar-refractivity contribution in [1.29, 1.82) is 0 Å². The van der Waals surface area contributed by atoms with Crippen LogP contribution in [0.15, 0.2) is 24.4 Å². The molecule has 0 radical (unpaired) electrons. The summed E-state index contributed by atoms with van der Waals surface area (Å²) in [6.45, 7) is 6.55. The number of pyridine rings is 1. The van der Waals surface area contributed by atoms with Gasteiger partial charge in [-0.2, -0.15) is 0 Å². The number of hydrogen-bond acceptors (Lipinski definition) is 6. The lowest BCUT2D eigenvalue weighted by molar-refractivity contribution is -0.117. The Morgan fingerprint density at radius 1 is 1.14 bits per heavy atom. The summed E-state index contributed by atoms with van der Waals surface area (Å²) in [5.74, 6) is 2.26. The van der Waals surface area contributed by atoms with Crippen molar-refractivity contribution in [1.82, 2.24) is 9.88 Å². The van der Waals surface area contributed by atoms with Crippen LogP contribution in [0.3, 0.4) is 0 Å². The van der Waals surface area contributed by atoms with E-state index < -0.39 is 6.10 Å². The molecule has 1 aliphatic carbocycles. The van der Waals surface area contributed by atoms with Crippen LogP contribution in [-0.4, -0.2) is 72.1 Å². The number of aromatic nitrogens is 1. The molecule has 2 unspecified atom stereocenters. The van der Waals surface area contributed by atoms with Gasteiger partial charge in [-0.1, -0.05) is 11.6 Å². The van der Waals surface area contributed by atoms with Crippen LogP contribution in [0.2, 0.25) is 5.02 Å². The Kier molecular flexibility index (Phi) is 6.71. The van der Waals surface area contributed by atoms with Crippen molar-refractivity contribution in [3.8, 4) is 0 Å². The van der Waals surface area contributed by atoms with Crippen LogP contribution in [0.4, 0.5) is 5.82 Å². The summed E-state index contributed by atoms with van der Waals surface area (Å²) in [6, 6.07) is 6.14. The number of rotatable bonds is 5. The van der Waals surface area contributed by atoms with Crippen molar-refractivity contribution in [2.24, 2.45) is 17.8 Å². The molecule has 3 aliphatic heterocycles. The summed E-state index contributed by atoms with van der Waals surface area (Å²) in [5, 5.41) is 16.3. The number of carbonyl (C=O) groups is 1. The van der Waals surface area contributed by atoms with Gasteiger partial charge in [0.05, 0.1) is 24.9 Å². The number of fused-ring (bicyclic) bond motifs is 1. The third-order valence-corrected chi connectivity index (χ3v) is 9.51. The van der Waals surface area contributed by atoms with Crippen molar-refractivity contribution in [3.05, 3.63) is 35.0 Å². The number of aliphatic hydroxyl groups is 1. The van der Waals surface area contributed by atoms with Gasteiger partial charge in [0.2, 0.25) is 5.91 Å². The fourth-order valence-corrected chi connectivity index (χ4v) is 6.95. The number of carbonyl (C=O) groups excluding carboxylic acids is 1. The van der Waals surface area contributed by atoms with Gasteiger partial charge in [-0.05, 0) is 99.0 Å². The molecule has 36 heavy (non-hydrogen) atoms. The van der Waals surface area contributed by atoms with E-state index in [1.807, 2.05) is 12.1 Å². The van der Waals surface area contributed by atoms with Gasteiger partial charge in [-0.15, -0.1) is 0 Å². The van der Waals surface area contributed by atoms with Gasteiger partial charge in [0.1, 0.15) is 5.82 Å². The average molecular weight is 514 g/mol. The maximum atomic E-state index is 12.9. The van der Waals surface area contributed by atoms with Gasteiger partial charge in [0, 0.05) is 35.7 Å². The second kappa shape index (κ2) is 9.84. The molecule has 2 aromatic rings. The lowest BCUT2D eigenvalue weighted by Crippen LogP contribution is -2.56. The average Bonchev–Trinajstić information content (AvgIpc) is 3.63. The Bertz CT molecular complexity index is 1130. The number of likely N-dealkylation sites (tertiary alicyclic amines) is 1. The molecule has 4 aliphatic rings. The van der Waals surface area contributed by atoms with E-state index in [1.165, 1.54) is 0 Å². The lowest BCUT2D eigenvalue weighted by atomic mass is 9.85. The molecule has 7 nitrogen and oxygen atoms in total. The normalized spacial score (nSPS) is 32.1. The van der Waals surface area contributed by atoms with Crippen LogP contribution in [0, 0.1) is 17.8 Å². The number of hydrogen-bond donors (Lipinski definition) is 2. The molecule has 2 N–H and O–H groups in total. The van der Waals surface area contributed by atoms with Crippen molar-refractivity contribution in [2.75, 3.05) is 44.8 Å². The Hall–Kier alpha value is -1.77. The van der Waals surface area contributed by atoms with Gasteiger partial charge in [0.15, 0.2) is 0 Å². The molecule has 1 aromatic carbocycles. The standard InChI is InChI=1S/C28H36ClN3O4/c1-28(16-36-15-25(28)33)32-6-2-17(3-7-32)22-10-19-12-26(30-14-20(19)11-24(22)29)31-27(34)23-13-21(23)18-4-8-35-9-5-18/h10-12,14,17-18,21,23,25,33H,2-9,13,15-16H2,1H3,(H,30,31,34)/t21?,23?,25-,28+/m1/s1. The zero-order valence-corrected chi connectivity index (χ0v) is 21.7. The molecule has 1 aromatic heterocycles. The van der Waals surface area contributed by atoms with E-state index >= 15 is 0 Å². The van der Waals surface area contributed by atoms with Crippen molar-refractivity contribution < 1.29 is 19.4 Å². The van der Waals surface area contributed by atoms with Gasteiger partial charge >= 0.3 is 0 Å². The molecule has 0 bridgehead atoms. The summed E-state index contributed by atoms with van der Waals surface area (Å²) in [6.07, 6.45) is 6.44. The minimum absolute atomic E-state index is 0.0893.